The normalized spacial score (nSPS) is 16.2. The van der Waals surface area contributed by atoms with Gasteiger partial charge in [0.1, 0.15) is 22.9 Å². The summed E-state index contributed by atoms with van der Waals surface area (Å²) < 4.78 is 137. The van der Waals surface area contributed by atoms with Gasteiger partial charge in [0, 0.05) is 23.3 Å². The van der Waals surface area contributed by atoms with Crippen LogP contribution in [0, 0.1) is 40.7 Å². The summed E-state index contributed by atoms with van der Waals surface area (Å²) in [4.78, 5) is 0. The standard InChI is InChI=1S/C25H15F9O2/c1-11-2-3-12(10-35-11)15-4-5-16(23(31)22(15)30)13-6-17(26)21(18(27)7-13)25(33,34)36-14-8-19(28)24(32)20(29)9-14/h3-9,11H,2,10H2,1H3. The molecular weight excluding hydrogens is 503 g/mol. The highest BCUT2D eigenvalue weighted by molar-refractivity contribution is 5.72. The van der Waals surface area contributed by atoms with E-state index in [4.69, 9.17) is 4.74 Å². The van der Waals surface area contributed by atoms with Gasteiger partial charge in [-0.25, -0.2) is 30.7 Å². The summed E-state index contributed by atoms with van der Waals surface area (Å²) in [5.41, 5.74) is -2.94. The maximum atomic E-state index is 14.8. The molecule has 0 aliphatic carbocycles. The first-order chi connectivity index (χ1) is 16.9. The van der Waals surface area contributed by atoms with E-state index >= 15 is 0 Å². The Kier molecular flexibility index (Phi) is 6.78. The highest BCUT2D eigenvalue weighted by Gasteiger charge is 2.41. The second-order valence-electron chi connectivity index (χ2n) is 8.01. The van der Waals surface area contributed by atoms with Gasteiger partial charge in [0.2, 0.25) is 0 Å². The van der Waals surface area contributed by atoms with Crippen LogP contribution in [0.4, 0.5) is 39.5 Å². The Morgan fingerprint density at radius 1 is 0.778 bits per heavy atom. The molecule has 4 rings (SSSR count). The molecular formula is C25H15F9O2. The molecule has 11 heteroatoms. The van der Waals surface area contributed by atoms with Crippen molar-refractivity contribution in [2.75, 3.05) is 6.61 Å². The summed E-state index contributed by atoms with van der Waals surface area (Å²) >= 11 is 0. The Hall–Kier alpha value is -3.47. The third-order valence-electron chi connectivity index (χ3n) is 5.50. The Morgan fingerprint density at radius 2 is 1.33 bits per heavy atom. The molecule has 3 aromatic rings. The van der Waals surface area contributed by atoms with Crippen LogP contribution in [0.25, 0.3) is 16.7 Å². The maximum absolute atomic E-state index is 14.8. The Bertz CT molecular complexity index is 1320. The van der Waals surface area contributed by atoms with E-state index in [0.717, 1.165) is 12.1 Å². The second kappa shape index (κ2) is 9.53. The van der Waals surface area contributed by atoms with Crippen LogP contribution in [-0.2, 0) is 10.8 Å². The van der Waals surface area contributed by atoms with Crippen molar-refractivity contribution >= 4 is 5.57 Å². The molecule has 1 aliphatic heterocycles. The van der Waals surface area contributed by atoms with Crippen LogP contribution in [0.1, 0.15) is 24.5 Å². The van der Waals surface area contributed by atoms with E-state index in [1.165, 1.54) is 0 Å². The van der Waals surface area contributed by atoms with E-state index < -0.39 is 69.3 Å². The van der Waals surface area contributed by atoms with E-state index in [2.05, 4.69) is 4.74 Å². The lowest BCUT2D eigenvalue weighted by molar-refractivity contribution is -0.189. The monoisotopic (exact) mass is 518 g/mol. The number of halogens is 9. The molecule has 0 saturated carbocycles. The molecule has 1 unspecified atom stereocenters. The largest absolute Gasteiger partial charge is 0.432 e. The van der Waals surface area contributed by atoms with Crippen LogP contribution >= 0.6 is 0 Å². The molecule has 0 amide bonds. The third kappa shape index (κ3) is 4.79. The van der Waals surface area contributed by atoms with Gasteiger partial charge in [-0.1, -0.05) is 18.2 Å². The number of benzene rings is 3. The number of ether oxygens (including phenoxy) is 2. The Morgan fingerprint density at radius 3 is 1.89 bits per heavy atom. The molecule has 36 heavy (non-hydrogen) atoms. The molecule has 190 valence electrons. The molecule has 0 aromatic heterocycles. The van der Waals surface area contributed by atoms with Crippen LogP contribution in [-0.4, -0.2) is 12.7 Å². The highest BCUT2D eigenvalue weighted by Crippen LogP contribution is 2.39. The van der Waals surface area contributed by atoms with Gasteiger partial charge >= 0.3 is 6.11 Å². The van der Waals surface area contributed by atoms with Crippen LogP contribution in [0.5, 0.6) is 5.75 Å². The van der Waals surface area contributed by atoms with Gasteiger partial charge in [-0.05, 0) is 36.6 Å². The predicted molar refractivity (Wildman–Crippen MR) is 111 cm³/mol. The van der Waals surface area contributed by atoms with Crippen molar-refractivity contribution < 1.29 is 49.0 Å². The molecule has 0 radical (unpaired) electrons. The number of hydrogen-bond acceptors (Lipinski definition) is 2. The average molecular weight is 518 g/mol. The summed E-state index contributed by atoms with van der Waals surface area (Å²) in [6.07, 6.45) is -2.79. The molecule has 0 fully saturated rings. The molecule has 1 atom stereocenters. The van der Waals surface area contributed by atoms with Crippen LogP contribution in [0.15, 0.2) is 42.5 Å². The van der Waals surface area contributed by atoms with E-state index in [1.54, 1.807) is 13.0 Å². The lowest BCUT2D eigenvalue weighted by Crippen LogP contribution is -2.25. The summed E-state index contributed by atoms with van der Waals surface area (Å²) in [5.74, 6) is -13.6. The third-order valence-corrected chi connectivity index (χ3v) is 5.50. The zero-order valence-electron chi connectivity index (χ0n) is 18.3. The van der Waals surface area contributed by atoms with Gasteiger partial charge in [-0.2, -0.15) is 8.78 Å². The molecule has 0 bridgehead atoms. The molecule has 2 nitrogen and oxygen atoms in total. The van der Waals surface area contributed by atoms with Crippen LogP contribution in [0.2, 0.25) is 0 Å². The quantitative estimate of drug-likeness (QED) is 0.255. The highest BCUT2D eigenvalue weighted by atomic mass is 19.3. The Labute approximate surface area is 198 Å². The van der Waals surface area contributed by atoms with Crippen LogP contribution < -0.4 is 4.74 Å². The van der Waals surface area contributed by atoms with E-state index in [-0.39, 0.29) is 30.4 Å². The summed E-state index contributed by atoms with van der Waals surface area (Å²) in [6.45, 7) is 1.82. The van der Waals surface area contributed by atoms with Crippen molar-refractivity contribution in [1.29, 1.82) is 0 Å². The van der Waals surface area contributed by atoms with E-state index in [9.17, 15) is 39.5 Å². The first-order valence-electron chi connectivity index (χ1n) is 10.4. The molecule has 1 heterocycles. The van der Waals surface area contributed by atoms with Gasteiger partial charge in [-0.3, -0.25) is 0 Å². The van der Waals surface area contributed by atoms with Gasteiger partial charge in [0.15, 0.2) is 29.1 Å². The minimum Gasteiger partial charge on any atom is -0.429 e. The summed E-state index contributed by atoms with van der Waals surface area (Å²) in [6, 6.07) is 2.96. The van der Waals surface area contributed by atoms with Gasteiger partial charge in [0.25, 0.3) is 0 Å². The van der Waals surface area contributed by atoms with Gasteiger partial charge in [-0.15, -0.1) is 0 Å². The van der Waals surface area contributed by atoms with Crippen molar-refractivity contribution in [1.82, 2.24) is 0 Å². The smallest absolute Gasteiger partial charge is 0.429 e. The average Bonchev–Trinajstić information content (AvgIpc) is 2.79. The van der Waals surface area contributed by atoms with Gasteiger partial charge < -0.3 is 9.47 Å². The van der Waals surface area contributed by atoms with E-state index in [1.807, 2.05) is 0 Å². The maximum Gasteiger partial charge on any atom is 0.432 e. The predicted octanol–water partition coefficient (Wildman–Crippen LogP) is 7.65. The number of alkyl halides is 2. The second-order valence-corrected chi connectivity index (χ2v) is 8.01. The fraction of sp³-hybridized carbons (Fsp3) is 0.200. The van der Waals surface area contributed by atoms with Crippen molar-refractivity contribution in [2.45, 2.75) is 25.6 Å². The topological polar surface area (TPSA) is 18.5 Å². The van der Waals surface area contributed by atoms with E-state index in [0.29, 0.717) is 24.1 Å². The number of hydrogen-bond donors (Lipinski definition) is 0. The van der Waals surface area contributed by atoms with Crippen molar-refractivity contribution in [3.8, 4) is 16.9 Å². The Balaban J connectivity index is 1.68. The number of rotatable bonds is 5. The minimum absolute atomic E-state index is 0.0196. The van der Waals surface area contributed by atoms with Crippen molar-refractivity contribution in [2.24, 2.45) is 0 Å². The summed E-state index contributed by atoms with van der Waals surface area (Å²) in [7, 11) is 0. The fourth-order valence-corrected chi connectivity index (χ4v) is 3.67. The zero-order valence-corrected chi connectivity index (χ0v) is 18.3. The van der Waals surface area contributed by atoms with Crippen molar-refractivity contribution in [3.63, 3.8) is 0 Å². The van der Waals surface area contributed by atoms with Gasteiger partial charge in [0.05, 0.1) is 12.7 Å². The SMILES string of the molecule is CC1CC=C(c2ccc(-c3cc(F)c(C(F)(F)Oc4cc(F)c(F)c(F)c4)c(F)c3)c(F)c2F)CO1. The molecule has 3 aromatic carbocycles. The first-order valence-corrected chi connectivity index (χ1v) is 10.4. The lowest BCUT2D eigenvalue weighted by atomic mass is 9.96. The zero-order chi connectivity index (χ0) is 26.4. The molecule has 1 aliphatic rings. The minimum atomic E-state index is -4.82. The van der Waals surface area contributed by atoms with Crippen LogP contribution in [0.3, 0.4) is 0 Å². The van der Waals surface area contributed by atoms with Crippen molar-refractivity contribution in [3.05, 3.63) is 94.3 Å². The molecule has 0 saturated heterocycles. The first kappa shape index (κ1) is 25.6. The molecule has 0 N–H and O–H groups in total. The summed E-state index contributed by atoms with van der Waals surface area (Å²) in [5, 5.41) is 0. The lowest BCUT2D eigenvalue weighted by Gasteiger charge is -2.21. The fourth-order valence-electron chi connectivity index (χ4n) is 3.67. The molecule has 0 spiro atoms.